The molecule has 0 bridgehead atoms. The third kappa shape index (κ3) is 2.76. The number of aliphatic hydroxyl groups excluding tert-OH is 1. The first kappa shape index (κ1) is 19.3. The van der Waals surface area contributed by atoms with Crippen LogP contribution in [0.4, 0.5) is 0 Å². The Kier molecular flexibility index (Phi) is 5.85. The molecule has 120 valence electrons. The van der Waals surface area contributed by atoms with E-state index < -0.39 is 11.7 Å². The maximum atomic E-state index is 10.9. The van der Waals surface area contributed by atoms with Gasteiger partial charge in [-0.15, -0.1) is 0 Å². The van der Waals surface area contributed by atoms with Gasteiger partial charge < -0.3 is 10.2 Å². The molecule has 0 fully saturated rings. The Labute approximate surface area is 165 Å². The van der Waals surface area contributed by atoms with Crippen LogP contribution in [0.15, 0.2) is 26.2 Å². The summed E-state index contributed by atoms with van der Waals surface area (Å²) in [7, 11) is 0. The van der Waals surface area contributed by atoms with Gasteiger partial charge in [0.15, 0.2) is 5.60 Å². The van der Waals surface area contributed by atoms with E-state index in [1.54, 1.807) is 0 Å². The molecule has 0 aliphatic heterocycles. The fourth-order valence-corrected chi connectivity index (χ4v) is 3.95. The lowest BCUT2D eigenvalue weighted by molar-refractivity contribution is -0.0261. The highest BCUT2D eigenvalue weighted by molar-refractivity contribution is 6.53. The molecule has 0 radical (unpaired) electrons. The summed E-state index contributed by atoms with van der Waals surface area (Å²) < 4.78 is 0. The predicted molar refractivity (Wildman–Crippen MR) is 93.8 cm³/mol. The predicted octanol–water partition coefficient (Wildman–Crippen LogP) is 6.24. The highest BCUT2D eigenvalue weighted by Gasteiger charge is 2.49. The topological polar surface area (TPSA) is 40.5 Å². The minimum atomic E-state index is -2.29. The fourth-order valence-electron chi connectivity index (χ4n) is 1.91. The normalized spacial score (nSPS) is 26.0. The van der Waals surface area contributed by atoms with Gasteiger partial charge >= 0.3 is 0 Å². The molecular weight excluding hydrogens is 460 g/mol. The number of allylic oxidation sites excluding steroid dienone is 2. The average molecular weight is 464 g/mol. The van der Waals surface area contributed by atoms with Crippen LogP contribution in [0, 0.1) is 0 Å². The Balaban J connectivity index is 2.82. The second-order valence-corrected chi connectivity index (χ2v) is 7.39. The summed E-state index contributed by atoms with van der Waals surface area (Å²) in [6.45, 7) is 0. The molecule has 2 unspecified atom stereocenters. The first-order chi connectivity index (χ1) is 10.0. The molecule has 22 heavy (non-hydrogen) atoms. The number of rotatable bonds is 1. The van der Waals surface area contributed by atoms with Crippen LogP contribution < -0.4 is 0 Å². The van der Waals surface area contributed by atoms with E-state index in [1.165, 1.54) is 6.07 Å². The third-order valence-electron chi connectivity index (χ3n) is 3.08. The largest absolute Gasteiger partial charge is 0.384 e. The van der Waals surface area contributed by atoms with Crippen molar-refractivity contribution in [1.29, 1.82) is 0 Å². The van der Waals surface area contributed by atoms with Crippen LogP contribution >= 0.6 is 92.8 Å². The summed E-state index contributed by atoms with van der Waals surface area (Å²) >= 11 is 47.6. The highest BCUT2D eigenvalue weighted by Crippen LogP contribution is 2.53. The van der Waals surface area contributed by atoms with Gasteiger partial charge in [0.2, 0.25) is 0 Å². The number of hydrogen-bond acceptors (Lipinski definition) is 2. The van der Waals surface area contributed by atoms with Crippen LogP contribution in [0.25, 0.3) is 0 Å². The van der Waals surface area contributed by atoms with Gasteiger partial charge in [0.1, 0.15) is 6.10 Å². The van der Waals surface area contributed by atoms with Crippen molar-refractivity contribution in [3.63, 3.8) is 0 Å². The van der Waals surface area contributed by atoms with Crippen LogP contribution in [0.1, 0.15) is 5.56 Å². The van der Waals surface area contributed by atoms with Crippen molar-refractivity contribution in [3.05, 3.63) is 51.8 Å². The van der Waals surface area contributed by atoms with Crippen molar-refractivity contribution in [2.45, 2.75) is 11.7 Å². The molecule has 0 saturated carbocycles. The number of benzene rings is 1. The summed E-state index contributed by atoms with van der Waals surface area (Å²) in [6, 6.07) is 1.21. The van der Waals surface area contributed by atoms with Crippen molar-refractivity contribution < 1.29 is 10.2 Å². The second kappa shape index (κ2) is 6.68. The Morgan fingerprint density at radius 2 is 1.36 bits per heavy atom. The molecule has 0 amide bonds. The average Bonchev–Trinajstić information content (AvgIpc) is 2.50. The van der Waals surface area contributed by atoms with Crippen molar-refractivity contribution in [2.24, 2.45) is 0 Å². The van der Waals surface area contributed by atoms with Crippen molar-refractivity contribution in [3.8, 4) is 0 Å². The summed E-state index contributed by atoms with van der Waals surface area (Å²) in [5.41, 5.74) is -2.41. The maximum absolute atomic E-state index is 10.9. The van der Waals surface area contributed by atoms with Gasteiger partial charge in [0.25, 0.3) is 0 Å². The number of halogens is 8. The Hall–Kier alpha value is 0.940. The van der Waals surface area contributed by atoms with E-state index in [1.807, 2.05) is 0 Å². The zero-order valence-corrected chi connectivity index (χ0v) is 16.1. The van der Waals surface area contributed by atoms with Gasteiger partial charge in [-0.2, -0.15) is 0 Å². The summed E-state index contributed by atoms with van der Waals surface area (Å²) in [5, 5.41) is 19.8. The van der Waals surface area contributed by atoms with Crippen LogP contribution in [0.5, 0.6) is 0 Å². The summed E-state index contributed by atoms with van der Waals surface area (Å²) in [5.74, 6) is 0. The Morgan fingerprint density at radius 3 is 1.91 bits per heavy atom. The standard InChI is InChI=1S/C12H4Cl8O2/c13-3-1-2(4(14)6(16)5(3)15)12(22)10(20)8(18)7(17)9(19)11(12)21/h1,11,21-22H. The lowest BCUT2D eigenvalue weighted by Crippen LogP contribution is -2.43. The van der Waals surface area contributed by atoms with Crippen LogP contribution in [-0.2, 0) is 5.60 Å². The van der Waals surface area contributed by atoms with Gasteiger partial charge in [0, 0.05) is 5.56 Å². The van der Waals surface area contributed by atoms with Crippen molar-refractivity contribution >= 4 is 92.8 Å². The van der Waals surface area contributed by atoms with Gasteiger partial charge in [0.05, 0.1) is 40.2 Å². The van der Waals surface area contributed by atoms with Crippen LogP contribution in [0.3, 0.4) is 0 Å². The molecule has 2 atom stereocenters. The van der Waals surface area contributed by atoms with E-state index in [-0.39, 0.29) is 45.8 Å². The molecule has 2 rings (SSSR count). The van der Waals surface area contributed by atoms with Gasteiger partial charge in [-0.1, -0.05) is 92.8 Å². The summed E-state index contributed by atoms with van der Waals surface area (Å²) in [6.07, 6.45) is -1.73. The van der Waals surface area contributed by atoms with E-state index in [9.17, 15) is 10.2 Å². The van der Waals surface area contributed by atoms with E-state index in [2.05, 4.69) is 0 Å². The summed E-state index contributed by atoms with van der Waals surface area (Å²) in [4.78, 5) is 0. The molecule has 0 saturated heterocycles. The second-order valence-electron chi connectivity index (χ2n) is 4.31. The maximum Gasteiger partial charge on any atom is 0.159 e. The molecule has 0 spiro atoms. The zero-order chi connectivity index (χ0) is 17.0. The minimum absolute atomic E-state index is 0.0101. The fraction of sp³-hybridized carbons (Fsp3) is 0.167. The smallest absolute Gasteiger partial charge is 0.159 e. The quantitative estimate of drug-likeness (QED) is 0.382. The molecule has 0 heterocycles. The first-order valence-corrected chi connectivity index (χ1v) is 8.42. The Bertz CT molecular complexity index is 726. The molecule has 1 aromatic rings. The van der Waals surface area contributed by atoms with E-state index in [4.69, 9.17) is 92.8 Å². The molecule has 2 N–H and O–H groups in total. The van der Waals surface area contributed by atoms with Gasteiger partial charge in [-0.05, 0) is 6.07 Å². The molecule has 1 aromatic carbocycles. The van der Waals surface area contributed by atoms with E-state index >= 15 is 0 Å². The van der Waals surface area contributed by atoms with Crippen molar-refractivity contribution in [1.82, 2.24) is 0 Å². The van der Waals surface area contributed by atoms with Crippen LogP contribution in [-0.4, -0.2) is 16.3 Å². The molecule has 1 aliphatic rings. The lowest BCUT2D eigenvalue weighted by atomic mass is 9.84. The molecule has 2 nitrogen and oxygen atoms in total. The molecule has 0 aromatic heterocycles. The molecule has 1 aliphatic carbocycles. The highest BCUT2D eigenvalue weighted by atomic mass is 35.5. The van der Waals surface area contributed by atoms with Gasteiger partial charge in [-0.3, -0.25) is 0 Å². The van der Waals surface area contributed by atoms with Crippen molar-refractivity contribution in [2.75, 3.05) is 0 Å². The molecule has 10 heteroatoms. The number of aliphatic hydroxyl groups is 2. The minimum Gasteiger partial charge on any atom is -0.384 e. The van der Waals surface area contributed by atoms with Crippen LogP contribution in [0.2, 0.25) is 20.1 Å². The van der Waals surface area contributed by atoms with Gasteiger partial charge in [-0.25, -0.2) is 0 Å². The SMILES string of the molecule is OC1C(Cl)=C(Cl)C(Cl)=C(Cl)C1(O)c1cc(Cl)c(Cl)c(Cl)c1Cl. The monoisotopic (exact) mass is 460 g/mol. The lowest BCUT2D eigenvalue weighted by Gasteiger charge is -2.37. The third-order valence-corrected chi connectivity index (χ3v) is 6.76. The Morgan fingerprint density at radius 1 is 0.818 bits per heavy atom. The number of hydrogen-bond donors (Lipinski definition) is 2. The molecular formula is C12H4Cl8O2. The zero-order valence-electron chi connectivity index (χ0n) is 10.1. The van der Waals surface area contributed by atoms with E-state index in [0.717, 1.165) is 0 Å². The van der Waals surface area contributed by atoms with E-state index in [0.29, 0.717) is 0 Å². The first-order valence-electron chi connectivity index (χ1n) is 5.40.